The van der Waals surface area contributed by atoms with Gasteiger partial charge < -0.3 is 15.0 Å². The number of fused-ring (bicyclic) bond motifs is 3. The number of nitrogens with one attached hydrogen (secondary N) is 1. The summed E-state index contributed by atoms with van der Waals surface area (Å²) in [6.07, 6.45) is 0. The molecule has 12 heteroatoms. The van der Waals surface area contributed by atoms with Crippen LogP contribution < -0.4 is 10.1 Å². The Balaban J connectivity index is 1.63. The molecule has 0 spiro atoms. The smallest absolute Gasteiger partial charge is 0.353 e. The third-order valence-electron chi connectivity index (χ3n) is 5.94. The van der Waals surface area contributed by atoms with E-state index in [1.807, 2.05) is 0 Å². The van der Waals surface area contributed by atoms with Crippen LogP contribution in [0.4, 0.5) is 8.92 Å². The van der Waals surface area contributed by atoms with Crippen LogP contribution in [-0.2, 0) is 34.7 Å². The van der Waals surface area contributed by atoms with Crippen LogP contribution >= 0.6 is 11.6 Å². The number of aryl methyl sites for hydroxylation is 1. The number of hydrogen-bond acceptors (Lipinski definition) is 6. The van der Waals surface area contributed by atoms with Crippen LogP contribution in [-0.4, -0.2) is 45.6 Å². The molecule has 2 aromatic carbocycles. The van der Waals surface area contributed by atoms with Crippen molar-refractivity contribution < 1.29 is 33.0 Å². The number of hydrogen-bond donors (Lipinski definition) is 1. The SMILES string of the molecule is CC(CNC(=O)CN(Cc1ccccc1F)C(=O)c1nn(C)c2c1COc1ccc(Cl)cc1-2)C(=O)OF. The number of carbonyl (C=O) groups excluding carboxylic acids is 3. The van der Waals surface area contributed by atoms with Gasteiger partial charge in [-0.1, -0.05) is 36.7 Å². The van der Waals surface area contributed by atoms with Gasteiger partial charge in [0.05, 0.1) is 11.6 Å². The van der Waals surface area contributed by atoms with Gasteiger partial charge >= 0.3 is 5.97 Å². The molecule has 37 heavy (non-hydrogen) atoms. The Labute approximate surface area is 215 Å². The van der Waals surface area contributed by atoms with E-state index in [4.69, 9.17) is 16.3 Å². The van der Waals surface area contributed by atoms with E-state index in [-0.39, 0.29) is 31.0 Å². The first kappa shape index (κ1) is 26.1. The number of ether oxygens (including phenoxy) is 1. The number of benzene rings is 2. The maximum absolute atomic E-state index is 14.4. The Morgan fingerprint density at radius 3 is 2.76 bits per heavy atom. The van der Waals surface area contributed by atoms with Gasteiger partial charge in [0, 0.05) is 46.4 Å². The summed E-state index contributed by atoms with van der Waals surface area (Å²) in [6.45, 7) is 0.513. The standard InChI is InChI=1S/C25H23ClF2N4O5/c1-14(25(35)37-28)10-29-21(33)12-32(11-15-5-3-4-6-19(15)27)24(34)22-18-13-36-20-8-7-16(26)9-17(20)23(18)31(2)30-22/h3-9,14H,10-13H2,1-2H3,(H,29,33). The minimum Gasteiger partial charge on any atom is -0.488 e. The number of aromatic nitrogens is 2. The van der Waals surface area contributed by atoms with Crippen LogP contribution in [0.3, 0.4) is 0 Å². The van der Waals surface area contributed by atoms with Crippen LogP contribution in [0.25, 0.3) is 11.3 Å². The molecular formula is C25H23ClF2N4O5. The van der Waals surface area contributed by atoms with E-state index in [1.165, 1.54) is 29.8 Å². The van der Waals surface area contributed by atoms with E-state index in [1.54, 1.807) is 31.3 Å². The summed E-state index contributed by atoms with van der Waals surface area (Å²) in [5, 5.41) is 7.34. The van der Waals surface area contributed by atoms with E-state index < -0.39 is 36.1 Å². The molecule has 1 aliphatic heterocycles. The number of amides is 2. The second-order valence-electron chi connectivity index (χ2n) is 8.58. The molecule has 1 atom stereocenters. The molecule has 0 radical (unpaired) electrons. The van der Waals surface area contributed by atoms with Gasteiger partial charge in [0.15, 0.2) is 5.69 Å². The second kappa shape index (κ2) is 11.0. The lowest BCUT2D eigenvalue weighted by molar-refractivity contribution is -0.188. The van der Waals surface area contributed by atoms with Crippen LogP contribution in [0.5, 0.6) is 5.75 Å². The molecule has 2 amide bonds. The van der Waals surface area contributed by atoms with Crippen molar-refractivity contribution in [2.45, 2.75) is 20.1 Å². The third kappa shape index (κ3) is 5.56. The van der Waals surface area contributed by atoms with E-state index in [9.17, 15) is 23.3 Å². The summed E-state index contributed by atoms with van der Waals surface area (Å²) in [5.41, 5.74) is 2.04. The fourth-order valence-corrected chi connectivity index (χ4v) is 4.19. The average Bonchev–Trinajstić information content (AvgIpc) is 3.23. The van der Waals surface area contributed by atoms with E-state index in [2.05, 4.69) is 15.4 Å². The van der Waals surface area contributed by atoms with Crippen molar-refractivity contribution in [1.29, 1.82) is 0 Å². The highest BCUT2D eigenvalue weighted by Crippen LogP contribution is 2.40. The fraction of sp³-hybridized carbons (Fsp3) is 0.280. The largest absolute Gasteiger partial charge is 0.488 e. The molecule has 1 N–H and O–H groups in total. The van der Waals surface area contributed by atoms with E-state index in [0.717, 1.165) is 4.90 Å². The first-order valence-electron chi connectivity index (χ1n) is 11.3. The van der Waals surface area contributed by atoms with Crippen molar-refractivity contribution in [3.63, 3.8) is 0 Å². The normalized spacial score (nSPS) is 12.6. The van der Waals surface area contributed by atoms with Gasteiger partial charge in [-0.2, -0.15) is 5.10 Å². The molecule has 2 heterocycles. The van der Waals surface area contributed by atoms with Gasteiger partial charge in [0.1, 0.15) is 24.7 Å². The van der Waals surface area contributed by atoms with Crippen LogP contribution in [0.2, 0.25) is 5.02 Å². The van der Waals surface area contributed by atoms with Crippen molar-refractivity contribution in [3.05, 3.63) is 70.1 Å². The Hall–Kier alpha value is -3.99. The Morgan fingerprint density at radius 2 is 2.03 bits per heavy atom. The van der Waals surface area contributed by atoms with E-state index >= 15 is 0 Å². The molecule has 9 nitrogen and oxygen atoms in total. The van der Waals surface area contributed by atoms with Gasteiger partial charge in [-0.05, 0) is 24.3 Å². The molecular weight excluding hydrogens is 510 g/mol. The summed E-state index contributed by atoms with van der Waals surface area (Å²) in [7, 11) is 1.67. The van der Waals surface area contributed by atoms with Gasteiger partial charge in [0.25, 0.3) is 5.91 Å². The first-order valence-corrected chi connectivity index (χ1v) is 11.7. The van der Waals surface area contributed by atoms with Crippen molar-refractivity contribution >= 4 is 29.4 Å². The molecule has 0 bridgehead atoms. The highest BCUT2D eigenvalue weighted by Gasteiger charge is 2.32. The van der Waals surface area contributed by atoms with Crippen LogP contribution in [0, 0.1) is 11.7 Å². The molecule has 1 aliphatic rings. The number of carbonyl (C=O) groups is 3. The molecule has 0 saturated heterocycles. The topological polar surface area (TPSA) is 103 Å². The van der Waals surface area contributed by atoms with Crippen molar-refractivity contribution in [1.82, 2.24) is 20.0 Å². The summed E-state index contributed by atoms with van der Waals surface area (Å²) >= 11 is 6.17. The maximum atomic E-state index is 14.4. The molecule has 194 valence electrons. The molecule has 0 saturated carbocycles. The minimum atomic E-state index is -1.14. The lowest BCUT2D eigenvalue weighted by atomic mass is 10.0. The van der Waals surface area contributed by atoms with Gasteiger partial charge in [-0.25, -0.2) is 9.18 Å². The summed E-state index contributed by atoms with van der Waals surface area (Å²) < 4.78 is 33.9. The Morgan fingerprint density at radius 1 is 1.27 bits per heavy atom. The third-order valence-corrected chi connectivity index (χ3v) is 6.18. The predicted octanol–water partition coefficient (Wildman–Crippen LogP) is 3.59. The lowest BCUT2D eigenvalue weighted by Gasteiger charge is -2.23. The lowest BCUT2D eigenvalue weighted by Crippen LogP contribution is -2.42. The molecule has 1 aromatic heterocycles. The zero-order chi connectivity index (χ0) is 26.7. The molecule has 0 aliphatic carbocycles. The Kier molecular flexibility index (Phi) is 7.72. The summed E-state index contributed by atoms with van der Waals surface area (Å²) in [5.74, 6) is -3.31. The zero-order valence-electron chi connectivity index (χ0n) is 20.0. The number of rotatable bonds is 8. The predicted molar refractivity (Wildman–Crippen MR) is 129 cm³/mol. The first-order chi connectivity index (χ1) is 17.7. The summed E-state index contributed by atoms with van der Waals surface area (Å²) in [6, 6.07) is 11.0. The highest BCUT2D eigenvalue weighted by molar-refractivity contribution is 6.31. The Bertz CT molecular complexity index is 1360. The second-order valence-corrected chi connectivity index (χ2v) is 9.02. The fourth-order valence-electron chi connectivity index (χ4n) is 4.01. The summed E-state index contributed by atoms with van der Waals surface area (Å²) in [4.78, 5) is 42.0. The number of halogens is 3. The molecule has 3 aromatic rings. The van der Waals surface area contributed by atoms with Crippen LogP contribution in [0.1, 0.15) is 28.5 Å². The monoisotopic (exact) mass is 532 g/mol. The molecule has 0 fully saturated rings. The number of nitrogens with zero attached hydrogens (tertiary/aromatic N) is 3. The highest BCUT2D eigenvalue weighted by atomic mass is 35.5. The average molecular weight is 533 g/mol. The van der Waals surface area contributed by atoms with Gasteiger partial charge in [-0.3, -0.25) is 19.2 Å². The van der Waals surface area contributed by atoms with E-state index in [0.29, 0.717) is 27.6 Å². The minimum absolute atomic E-state index is 0.0432. The quantitative estimate of drug-likeness (QED) is 0.475. The maximum Gasteiger partial charge on any atom is 0.353 e. The zero-order valence-corrected chi connectivity index (χ0v) is 20.7. The van der Waals surface area contributed by atoms with Crippen molar-refractivity contribution in [2.24, 2.45) is 13.0 Å². The van der Waals surface area contributed by atoms with Crippen molar-refractivity contribution in [2.75, 3.05) is 13.1 Å². The van der Waals surface area contributed by atoms with Crippen molar-refractivity contribution in [3.8, 4) is 17.0 Å². The van der Waals surface area contributed by atoms with Gasteiger partial charge in [0.2, 0.25) is 5.91 Å². The van der Waals surface area contributed by atoms with Crippen LogP contribution in [0.15, 0.2) is 42.5 Å². The molecule has 1 unspecified atom stereocenters. The molecule has 4 rings (SSSR count). The van der Waals surface area contributed by atoms with Gasteiger partial charge in [-0.15, -0.1) is 0 Å².